The monoisotopic (exact) mass is 594 g/mol. The molecule has 1 aliphatic rings. The fourth-order valence-electron chi connectivity index (χ4n) is 4.70. The van der Waals surface area contributed by atoms with Crippen LogP contribution >= 0.6 is 23.2 Å². The minimum Gasteiger partial charge on any atom is -0.480 e. The van der Waals surface area contributed by atoms with Gasteiger partial charge in [0.2, 0.25) is 5.91 Å². The number of rotatable bonds is 9. The van der Waals surface area contributed by atoms with Crippen molar-refractivity contribution in [2.75, 3.05) is 5.32 Å². The number of hydrogen-bond acceptors (Lipinski definition) is 6. The summed E-state index contributed by atoms with van der Waals surface area (Å²) in [6.07, 6.45) is 3.38. The maximum atomic E-state index is 13.2. The zero-order valence-corrected chi connectivity index (χ0v) is 23.0. The normalized spacial score (nSPS) is 14.7. The van der Waals surface area contributed by atoms with E-state index >= 15 is 0 Å². The second kappa shape index (κ2) is 11.9. The van der Waals surface area contributed by atoms with Crippen LogP contribution in [0.3, 0.4) is 0 Å². The molecule has 13 heteroatoms. The van der Waals surface area contributed by atoms with Crippen molar-refractivity contribution in [1.29, 1.82) is 0 Å². The Bertz CT molecular complexity index is 1650. The van der Waals surface area contributed by atoms with E-state index < -0.39 is 35.6 Å². The van der Waals surface area contributed by atoms with Crippen molar-refractivity contribution in [3.63, 3.8) is 0 Å². The molecule has 3 heterocycles. The van der Waals surface area contributed by atoms with Gasteiger partial charge in [0.25, 0.3) is 5.91 Å². The van der Waals surface area contributed by atoms with E-state index in [4.69, 9.17) is 23.2 Å². The Labute approximate surface area is 243 Å². The molecule has 0 aliphatic carbocycles. The molecular formula is C28H24Cl2N6O5. The van der Waals surface area contributed by atoms with Gasteiger partial charge in [0.05, 0.1) is 22.2 Å². The summed E-state index contributed by atoms with van der Waals surface area (Å²) in [7, 11) is 0. The molecule has 0 saturated heterocycles. The lowest BCUT2D eigenvalue weighted by Gasteiger charge is -2.18. The summed E-state index contributed by atoms with van der Waals surface area (Å²) in [6.45, 7) is 0.269. The number of carbonyl (C=O) groups excluding carboxylic acids is 2. The molecule has 2 aromatic heterocycles. The lowest BCUT2D eigenvalue weighted by atomic mass is 10.0. The number of aliphatic carboxylic acids is 1. The van der Waals surface area contributed by atoms with Crippen molar-refractivity contribution in [2.45, 2.75) is 37.9 Å². The predicted molar refractivity (Wildman–Crippen MR) is 151 cm³/mol. The smallest absolute Gasteiger partial charge is 0.346 e. The van der Waals surface area contributed by atoms with Crippen molar-refractivity contribution in [1.82, 2.24) is 24.6 Å². The van der Waals surface area contributed by atoms with E-state index in [2.05, 4.69) is 20.7 Å². The Morgan fingerprint density at radius 2 is 1.68 bits per heavy atom. The summed E-state index contributed by atoms with van der Waals surface area (Å²) in [6, 6.07) is 13.7. The summed E-state index contributed by atoms with van der Waals surface area (Å²) >= 11 is 12.1. The molecule has 41 heavy (non-hydrogen) atoms. The summed E-state index contributed by atoms with van der Waals surface area (Å²) in [5, 5.41) is 19.7. The van der Waals surface area contributed by atoms with E-state index in [9.17, 15) is 24.3 Å². The number of nitrogens with zero attached hydrogens (tertiary/aromatic N) is 4. The third-order valence-corrected chi connectivity index (χ3v) is 7.29. The largest absolute Gasteiger partial charge is 0.480 e. The first kappa shape index (κ1) is 28.1. The van der Waals surface area contributed by atoms with Gasteiger partial charge in [-0.3, -0.25) is 19.1 Å². The quantitative estimate of drug-likeness (QED) is 0.269. The summed E-state index contributed by atoms with van der Waals surface area (Å²) in [5.41, 5.74) is 1.61. The minimum atomic E-state index is -1.24. The van der Waals surface area contributed by atoms with E-state index in [1.165, 1.54) is 21.6 Å². The van der Waals surface area contributed by atoms with Crippen molar-refractivity contribution in [3.05, 3.63) is 110 Å². The molecule has 210 valence electrons. The third-order valence-electron chi connectivity index (χ3n) is 6.72. The average Bonchev–Trinajstić information content (AvgIpc) is 3.49. The van der Waals surface area contributed by atoms with Gasteiger partial charge >= 0.3 is 11.7 Å². The molecule has 0 unspecified atom stereocenters. The SMILES string of the molecule is O=C(Nc1ccc(C[C@H](NC(=O)[C@@H]2CCc3nn(Cc4ccccc4)c(=O)n32)C(=O)O)cc1)c1c(Cl)cncc1Cl. The number of halogens is 2. The number of carboxylic acids is 1. The van der Waals surface area contributed by atoms with Crippen LogP contribution in [0.25, 0.3) is 0 Å². The van der Waals surface area contributed by atoms with Crippen molar-refractivity contribution < 1.29 is 19.5 Å². The number of anilines is 1. The predicted octanol–water partition coefficient (Wildman–Crippen LogP) is 3.35. The van der Waals surface area contributed by atoms with Gasteiger partial charge in [0, 0.05) is 30.9 Å². The molecule has 0 fully saturated rings. The molecule has 0 saturated carbocycles. The number of amides is 2. The first-order valence-corrected chi connectivity index (χ1v) is 13.4. The maximum Gasteiger partial charge on any atom is 0.346 e. The number of aromatic nitrogens is 4. The molecule has 3 N–H and O–H groups in total. The molecule has 2 atom stereocenters. The molecule has 5 rings (SSSR count). The molecule has 2 aromatic carbocycles. The number of carbonyl (C=O) groups is 3. The van der Waals surface area contributed by atoms with E-state index in [1.807, 2.05) is 30.3 Å². The van der Waals surface area contributed by atoms with Crippen LogP contribution in [0.5, 0.6) is 0 Å². The number of nitrogens with one attached hydrogen (secondary N) is 2. The van der Waals surface area contributed by atoms with Crippen LogP contribution in [0.15, 0.2) is 71.8 Å². The van der Waals surface area contributed by atoms with Gasteiger partial charge in [-0.15, -0.1) is 0 Å². The Balaban J connectivity index is 1.24. The van der Waals surface area contributed by atoms with E-state index in [-0.39, 0.29) is 28.6 Å². The Hall–Kier alpha value is -4.48. The van der Waals surface area contributed by atoms with Gasteiger partial charge in [0.15, 0.2) is 0 Å². The molecular weight excluding hydrogens is 571 g/mol. The second-order valence-electron chi connectivity index (χ2n) is 9.50. The van der Waals surface area contributed by atoms with Gasteiger partial charge in [0.1, 0.15) is 17.9 Å². The highest BCUT2D eigenvalue weighted by Crippen LogP contribution is 2.25. The topological polar surface area (TPSA) is 148 Å². The third kappa shape index (κ3) is 6.16. The van der Waals surface area contributed by atoms with Crippen LogP contribution in [-0.2, 0) is 29.0 Å². The summed E-state index contributed by atoms with van der Waals surface area (Å²) in [4.78, 5) is 54.6. The van der Waals surface area contributed by atoms with Crippen molar-refractivity contribution in [2.24, 2.45) is 0 Å². The Kier molecular flexibility index (Phi) is 8.18. The standard InChI is InChI=1S/C28H24Cl2N6O5/c29-19-13-31-14-20(30)24(19)26(38)32-18-8-6-16(7-9-18)12-21(27(39)40)33-25(37)22-10-11-23-34-35(28(41)36(22)23)15-17-4-2-1-3-5-17/h1-9,13-14,21-22H,10-12,15H2,(H,32,38)(H,33,37)(H,39,40)/t21-,22-/m0/s1. The lowest BCUT2D eigenvalue weighted by molar-refractivity contribution is -0.142. The van der Waals surface area contributed by atoms with Crippen LogP contribution < -0.4 is 16.3 Å². The Morgan fingerprint density at radius 3 is 2.34 bits per heavy atom. The fourth-order valence-corrected chi connectivity index (χ4v) is 5.24. The number of pyridine rings is 1. The van der Waals surface area contributed by atoms with Crippen LogP contribution in [0.4, 0.5) is 5.69 Å². The lowest BCUT2D eigenvalue weighted by Crippen LogP contribution is -2.46. The molecule has 2 amide bonds. The number of aryl methyl sites for hydroxylation is 1. The van der Waals surface area contributed by atoms with Gasteiger partial charge in [-0.1, -0.05) is 65.7 Å². The average molecular weight is 595 g/mol. The molecule has 1 aliphatic heterocycles. The van der Waals surface area contributed by atoms with Gasteiger partial charge in [-0.25, -0.2) is 14.3 Å². The van der Waals surface area contributed by atoms with Crippen LogP contribution in [0.1, 0.15) is 39.8 Å². The molecule has 11 nitrogen and oxygen atoms in total. The highest BCUT2D eigenvalue weighted by molar-refractivity contribution is 6.40. The van der Waals surface area contributed by atoms with E-state index in [0.717, 1.165) is 5.56 Å². The fraction of sp³-hybridized carbons (Fsp3) is 0.214. The first-order chi connectivity index (χ1) is 19.7. The van der Waals surface area contributed by atoms with Crippen LogP contribution in [0.2, 0.25) is 10.0 Å². The molecule has 0 spiro atoms. The Morgan fingerprint density at radius 1 is 1.00 bits per heavy atom. The van der Waals surface area contributed by atoms with Crippen LogP contribution in [0, 0.1) is 0 Å². The van der Waals surface area contributed by atoms with Gasteiger partial charge in [-0.2, -0.15) is 5.10 Å². The first-order valence-electron chi connectivity index (χ1n) is 12.7. The highest BCUT2D eigenvalue weighted by atomic mass is 35.5. The number of carboxylic acid groups (broad SMARTS) is 1. The van der Waals surface area contributed by atoms with Gasteiger partial charge < -0.3 is 15.7 Å². The van der Waals surface area contributed by atoms with E-state index in [0.29, 0.717) is 29.9 Å². The number of hydrogen-bond donors (Lipinski definition) is 3. The zero-order valence-electron chi connectivity index (χ0n) is 21.5. The van der Waals surface area contributed by atoms with Gasteiger partial charge in [-0.05, 0) is 29.7 Å². The minimum absolute atomic E-state index is 0.0148. The second-order valence-corrected chi connectivity index (χ2v) is 10.3. The van der Waals surface area contributed by atoms with Crippen LogP contribution in [-0.4, -0.2) is 48.3 Å². The maximum absolute atomic E-state index is 13.2. The highest BCUT2D eigenvalue weighted by Gasteiger charge is 2.35. The van der Waals surface area contributed by atoms with E-state index in [1.54, 1.807) is 24.3 Å². The zero-order chi connectivity index (χ0) is 29.1. The van der Waals surface area contributed by atoms with Crippen molar-refractivity contribution >= 4 is 46.7 Å². The summed E-state index contributed by atoms with van der Waals surface area (Å²) in [5.74, 6) is -1.82. The van der Waals surface area contributed by atoms with Crippen molar-refractivity contribution in [3.8, 4) is 0 Å². The molecule has 0 bridgehead atoms. The molecule has 0 radical (unpaired) electrons. The molecule has 4 aromatic rings. The summed E-state index contributed by atoms with van der Waals surface area (Å²) < 4.78 is 2.66. The number of fused-ring (bicyclic) bond motifs is 1. The number of benzene rings is 2.